The van der Waals surface area contributed by atoms with Crippen LogP contribution in [0.25, 0.3) is 0 Å². The van der Waals surface area contributed by atoms with Crippen molar-refractivity contribution in [2.45, 2.75) is 45.0 Å². The van der Waals surface area contributed by atoms with Crippen molar-refractivity contribution < 1.29 is 0 Å². The van der Waals surface area contributed by atoms with Crippen LogP contribution in [0.5, 0.6) is 0 Å². The normalized spacial score (nSPS) is 35.8. The van der Waals surface area contributed by atoms with E-state index in [1.54, 1.807) is 11.1 Å². The zero-order chi connectivity index (χ0) is 10.4. The van der Waals surface area contributed by atoms with Gasteiger partial charge in [0.1, 0.15) is 0 Å². The molecule has 1 heteroatoms. The zero-order valence-corrected chi connectivity index (χ0v) is 11.6. The minimum Gasteiger partial charge on any atom is -0.0737 e. The van der Waals surface area contributed by atoms with E-state index in [2.05, 4.69) is 64.1 Å². The molecule has 0 heterocycles. The Morgan fingerprint density at radius 2 is 1.54 bits per heavy atom. The lowest BCUT2D eigenvalue weighted by Gasteiger charge is -2.38. The first kappa shape index (κ1) is 11.3. The molecule has 0 bridgehead atoms. The molecule has 0 nitrogen and oxygen atoms in total. The van der Waals surface area contributed by atoms with Crippen LogP contribution in [0.1, 0.15) is 41.5 Å². The van der Waals surface area contributed by atoms with Crippen LogP contribution in [0, 0.1) is 5.92 Å². The number of hydrogen-bond donors (Lipinski definition) is 0. The molecular formula is C12H19I. The molecule has 1 aliphatic rings. The number of rotatable bonds is 0. The van der Waals surface area contributed by atoms with E-state index in [-0.39, 0.29) is 0 Å². The maximum atomic E-state index is 2.59. The van der Waals surface area contributed by atoms with Gasteiger partial charge in [0.05, 0.1) is 0 Å². The van der Waals surface area contributed by atoms with Gasteiger partial charge in [0.2, 0.25) is 0 Å². The molecule has 74 valence electrons. The van der Waals surface area contributed by atoms with Crippen LogP contribution in [-0.4, -0.2) is 3.42 Å². The molecular weight excluding hydrogens is 271 g/mol. The number of alkyl halides is 1. The molecule has 0 aliphatic heterocycles. The molecule has 1 rings (SSSR count). The molecule has 0 fully saturated rings. The van der Waals surface area contributed by atoms with Crippen molar-refractivity contribution >= 4 is 22.6 Å². The predicted octanol–water partition coefficient (Wildman–Crippen LogP) is 4.50. The molecule has 1 unspecified atom stereocenters. The van der Waals surface area contributed by atoms with Gasteiger partial charge in [0.25, 0.3) is 0 Å². The third kappa shape index (κ3) is 1.60. The van der Waals surface area contributed by atoms with Gasteiger partial charge in [-0.2, -0.15) is 0 Å². The van der Waals surface area contributed by atoms with Crippen molar-refractivity contribution in [2.24, 2.45) is 5.92 Å². The first-order valence-electron chi connectivity index (χ1n) is 4.84. The summed E-state index contributed by atoms with van der Waals surface area (Å²) >= 11 is 2.59. The molecule has 0 amide bonds. The molecule has 0 aromatic carbocycles. The van der Waals surface area contributed by atoms with Crippen molar-refractivity contribution in [1.82, 2.24) is 0 Å². The zero-order valence-electron chi connectivity index (χ0n) is 9.46. The number of halogens is 1. The summed E-state index contributed by atoms with van der Waals surface area (Å²) in [6.07, 6.45) is 0. The van der Waals surface area contributed by atoms with Crippen molar-refractivity contribution in [3.63, 3.8) is 0 Å². The molecule has 1 aliphatic carbocycles. The lowest BCUT2D eigenvalue weighted by molar-refractivity contribution is 0.552. The summed E-state index contributed by atoms with van der Waals surface area (Å²) in [6.45, 7) is 13.7. The molecule has 0 aromatic heterocycles. The highest BCUT2D eigenvalue weighted by Gasteiger charge is 2.35. The van der Waals surface area contributed by atoms with Crippen LogP contribution in [0.2, 0.25) is 0 Å². The molecule has 13 heavy (non-hydrogen) atoms. The maximum Gasteiger partial charge on any atom is 0.0467 e. The van der Waals surface area contributed by atoms with E-state index in [4.69, 9.17) is 0 Å². The minimum atomic E-state index is 0.311. The average molecular weight is 290 g/mol. The van der Waals surface area contributed by atoms with E-state index in [0.29, 0.717) is 9.34 Å². The largest absolute Gasteiger partial charge is 0.0737 e. The van der Waals surface area contributed by atoms with Crippen LogP contribution in [0.3, 0.4) is 0 Å². The Kier molecular flexibility index (Phi) is 2.96. The van der Waals surface area contributed by atoms with Crippen LogP contribution in [0.4, 0.5) is 0 Å². The first-order valence-corrected chi connectivity index (χ1v) is 5.92. The molecule has 0 saturated heterocycles. The number of hydrogen-bond acceptors (Lipinski definition) is 0. The van der Waals surface area contributed by atoms with E-state index in [1.807, 2.05) is 0 Å². The van der Waals surface area contributed by atoms with Crippen molar-refractivity contribution in [3.05, 3.63) is 22.3 Å². The van der Waals surface area contributed by atoms with Gasteiger partial charge in [-0.15, -0.1) is 0 Å². The van der Waals surface area contributed by atoms with Crippen molar-refractivity contribution in [1.29, 1.82) is 0 Å². The Balaban J connectivity index is 3.32. The van der Waals surface area contributed by atoms with Gasteiger partial charge in [-0.25, -0.2) is 0 Å². The summed E-state index contributed by atoms with van der Waals surface area (Å²) < 4.78 is 0.311. The van der Waals surface area contributed by atoms with Gasteiger partial charge in [-0.1, -0.05) is 40.7 Å². The first-order chi connectivity index (χ1) is 5.80. The fourth-order valence-electron chi connectivity index (χ4n) is 2.00. The summed E-state index contributed by atoms with van der Waals surface area (Å²) in [6, 6.07) is 0. The van der Waals surface area contributed by atoms with E-state index < -0.39 is 0 Å². The molecule has 0 saturated carbocycles. The third-order valence-electron chi connectivity index (χ3n) is 3.91. The monoisotopic (exact) mass is 290 g/mol. The quantitative estimate of drug-likeness (QED) is 0.455. The standard InChI is InChI=1S/C12H19I/c1-7-8(2)10(4)12(6,13)11(5)9(7)3/h10H,1-6H3/t10?,12-/m0/s1. The molecule has 0 radical (unpaired) electrons. The Morgan fingerprint density at radius 1 is 1.08 bits per heavy atom. The van der Waals surface area contributed by atoms with Gasteiger partial charge in [-0.05, 0) is 51.7 Å². The summed E-state index contributed by atoms with van der Waals surface area (Å²) in [5.41, 5.74) is 6.09. The number of allylic oxidation sites excluding steroid dienone is 4. The van der Waals surface area contributed by atoms with E-state index >= 15 is 0 Å². The topological polar surface area (TPSA) is 0 Å². The third-order valence-corrected chi connectivity index (χ3v) is 5.66. The lowest BCUT2D eigenvalue weighted by atomic mass is 9.75. The summed E-state index contributed by atoms with van der Waals surface area (Å²) in [5, 5.41) is 0. The summed E-state index contributed by atoms with van der Waals surface area (Å²) in [4.78, 5) is 0. The Labute approximate surface area is 95.6 Å². The second-order valence-electron chi connectivity index (χ2n) is 4.36. The Hall–Kier alpha value is 0.210. The minimum absolute atomic E-state index is 0.311. The summed E-state index contributed by atoms with van der Waals surface area (Å²) in [7, 11) is 0. The van der Waals surface area contributed by atoms with Crippen LogP contribution in [0.15, 0.2) is 22.3 Å². The summed E-state index contributed by atoms with van der Waals surface area (Å²) in [5.74, 6) is 0.664. The van der Waals surface area contributed by atoms with Gasteiger partial charge >= 0.3 is 0 Å². The maximum absolute atomic E-state index is 2.59. The fourth-order valence-corrected chi connectivity index (χ4v) is 2.87. The van der Waals surface area contributed by atoms with E-state index in [1.165, 1.54) is 11.1 Å². The fraction of sp³-hybridized carbons (Fsp3) is 0.667. The lowest BCUT2D eigenvalue weighted by Crippen LogP contribution is -2.32. The highest BCUT2D eigenvalue weighted by atomic mass is 127. The van der Waals surface area contributed by atoms with Crippen LogP contribution in [-0.2, 0) is 0 Å². The second-order valence-corrected chi connectivity index (χ2v) is 6.60. The van der Waals surface area contributed by atoms with Crippen LogP contribution < -0.4 is 0 Å². The molecule has 0 aromatic rings. The average Bonchev–Trinajstić information content (AvgIpc) is 2.09. The predicted molar refractivity (Wildman–Crippen MR) is 68.3 cm³/mol. The van der Waals surface area contributed by atoms with Gasteiger partial charge in [0.15, 0.2) is 0 Å². The van der Waals surface area contributed by atoms with Gasteiger partial charge in [0, 0.05) is 3.42 Å². The van der Waals surface area contributed by atoms with Crippen molar-refractivity contribution in [3.8, 4) is 0 Å². The Morgan fingerprint density at radius 3 is 2.00 bits per heavy atom. The highest BCUT2D eigenvalue weighted by molar-refractivity contribution is 14.1. The molecule has 0 spiro atoms. The van der Waals surface area contributed by atoms with Gasteiger partial charge in [-0.3, -0.25) is 0 Å². The molecule has 0 N–H and O–H groups in total. The smallest absolute Gasteiger partial charge is 0.0467 e. The highest BCUT2D eigenvalue weighted by Crippen LogP contribution is 2.46. The van der Waals surface area contributed by atoms with Crippen LogP contribution >= 0.6 is 22.6 Å². The molecule has 2 atom stereocenters. The Bertz CT molecular complexity index is 292. The van der Waals surface area contributed by atoms with Crippen molar-refractivity contribution in [2.75, 3.05) is 0 Å². The van der Waals surface area contributed by atoms with Gasteiger partial charge < -0.3 is 0 Å². The SMILES string of the molecule is CC1=C(C)C(C)[C@](C)(I)C(C)=C1C. The van der Waals surface area contributed by atoms with E-state index in [0.717, 1.165) is 0 Å². The second kappa shape index (κ2) is 3.41. The van der Waals surface area contributed by atoms with E-state index in [9.17, 15) is 0 Å².